The molecule has 6 heteroatoms. The zero-order valence-electron chi connectivity index (χ0n) is 37.7. The molecule has 0 rings (SSSR count). The molecule has 55 heavy (non-hydrogen) atoms. The van der Waals surface area contributed by atoms with E-state index >= 15 is 0 Å². The van der Waals surface area contributed by atoms with Gasteiger partial charge >= 0.3 is 17.9 Å². The van der Waals surface area contributed by atoms with E-state index in [4.69, 9.17) is 14.2 Å². The van der Waals surface area contributed by atoms with Gasteiger partial charge in [0.1, 0.15) is 13.2 Å². The number of unbranched alkanes of at least 4 members (excludes halogenated alkanes) is 25. The molecule has 0 unspecified atom stereocenters. The molecule has 0 spiro atoms. The van der Waals surface area contributed by atoms with Gasteiger partial charge in [0, 0.05) is 19.3 Å². The van der Waals surface area contributed by atoms with Crippen LogP contribution in [-0.2, 0) is 28.6 Å². The summed E-state index contributed by atoms with van der Waals surface area (Å²) in [4.78, 5) is 37.8. The number of hydrogen-bond acceptors (Lipinski definition) is 6. The van der Waals surface area contributed by atoms with Gasteiger partial charge in [0.15, 0.2) is 6.10 Å². The number of hydrogen-bond donors (Lipinski definition) is 0. The van der Waals surface area contributed by atoms with Crippen LogP contribution < -0.4 is 0 Å². The highest BCUT2D eigenvalue weighted by Gasteiger charge is 2.19. The van der Waals surface area contributed by atoms with E-state index in [1.165, 1.54) is 141 Å². The van der Waals surface area contributed by atoms with E-state index in [1.807, 2.05) is 0 Å². The Bertz CT molecular complexity index is 852. The number of carbonyl (C=O) groups is 3. The number of carbonyl (C=O) groups excluding carboxylic acids is 3. The Morgan fingerprint density at radius 1 is 0.309 bits per heavy atom. The maximum atomic E-state index is 12.7. The van der Waals surface area contributed by atoms with Gasteiger partial charge in [-0.3, -0.25) is 14.4 Å². The molecule has 0 aromatic heterocycles. The monoisotopic (exact) mass is 779 g/mol. The molecule has 0 radical (unpaired) electrons. The van der Waals surface area contributed by atoms with Crippen LogP contribution in [0.5, 0.6) is 0 Å². The van der Waals surface area contributed by atoms with Crippen molar-refractivity contribution < 1.29 is 28.6 Å². The first-order valence-corrected chi connectivity index (χ1v) is 24.1. The average molecular weight is 779 g/mol. The third kappa shape index (κ3) is 43.4. The van der Waals surface area contributed by atoms with Crippen LogP contribution in [0, 0.1) is 17.8 Å². The maximum absolute atomic E-state index is 12.7. The standard InChI is InChI=1S/C49H94O6/c1-43(2)35-29-23-17-13-9-7-11-15-19-26-32-38-47(50)53-41-46(42-54-48(51)39-33-27-22-21-25-31-37-45(5)6)55-49(52)40-34-28-20-16-12-8-10-14-18-24-30-36-44(3)4/h43-46H,7-42H2,1-6H3/t46-/m1/s1. The Morgan fingerprint density at radius 3 is 0.782 bits per heavy atom. The predicted molar refractivity (Wildman–Crippen MR) is 233 cm³/mol. The zero-order valence-corrected chi connectivity index (χ0v) is 37.7. The highest BCUT2D eigenvalue weighted by atomic mass is 16.6. The fraction of sp³-hybridized carbons (Fsp3) is 0.939. The molecule has 326 valence electrons. The minimum Gasteiger partial charge on any atom is -0.462 e. The molecule has 1 atom stereocenters. The molecule has 0 heterocycles. The van der Waals surface area contributed by atoms with E-state index in [9.17, 15) is 14.4 Å². The molecule has 0 bridgehead atoms. The molecule has 0 aliphatic carbocycles. The van der Waals surface area contributed by atoms with Crippen molar-refractivity contribution in [1.82, 2.24) is 0 Å². The molecule has 0 aliphatic rings. The molecule has 0 amide bonds. The third-order valence-electron chi connectivity index (χ3n) is 10.9. The Morgan fingerprint density at radius 2 is 0.527 bits per heavy atom. The summed E-state index contributed by atoms with van der Waals surface area (Å²) in [7, 11) is 0. The molecular weight excluding hydrogens is 685 g/mol. The van der Waals surface area contributed by atoms with Crippen LogP contribution in [0.1, 0.15) is 260 Å². The van der Waals surface area contributed by atoms with Crippen LogP contribution in [-0.4, -0.2) is 37.2 Å². The van der Waals surface area contributed by atoms with Crippen LogP contribution in [0.25, 0.3) is 0 Å². The van der Waals surface area contributed by atoms with Crippen LogP contribution >= 0.6 is 0 Å². The quantitative estimate of drug-likeness (QED) is 0.0349. The van der Waals surface area contributed by atoms with Crippen molar-refractivity contribution in [3.63, 3.8) is 0 Å². The van der Waals surface area contributed by atoms with Gasteiger partial charge in [-0.25, -0.2) is 0 Å². The Labute approximate surface area is 342 Å². The van der Waals surface area contributed by atoms with Crippen molar-refractivity contribution in [2.24, 2.45) is 17.8 Å². The molecule has 0 aliphatic heterocycles. The lowest BCUT2D eigenvalue weighted by Crippen LogP contribution is -2.30. The van der Waals surface area contributed by atoms with Gasteiger partial charge in [0.05, 0.1) is 0 Å². The first kappa shape index (κ1) is 53.4. The summed E-state index contributed by atoms with van der Waals surface area (Å²) in [5.74, 6) is 1.55. The van der Waals surface area contributed by atoms with Crippen molar-refractivity contribution >= 4 is 17.9 Å². The number of rotatable bonds is 42. The topological polar surface area (TPSA) is 78.9 Å². The van der Waals surface area contributed by atoms with Crippen molar-refractivity contribution in [2.75, 3.05) is 13.2 Å². The van der Waals surface area contributed by atoms with Crippen molar-refractivity contribution in [2.45, 2.75) is 266 Å². The summed E-state index contributed by atoms with van der Waals surface area (Å²) in [5.41, 5.74) is 0. The van der Waals surface area contributed by atoms with Gasteiger partial charge in [-0.2, -0.15) is 0 Å². The highest BCUT2D eigenvalue weighted by molar-refractivity contribution is 5.71. The van der Waals surface area contributed by atoms with Gasteiger partial charge < -0.3 is 14.2 Å². The molecule has 0 aromatic carbocycles. The summed E-state index contributed by atoms with van der Waals surface area (Å²) in [6.07, 6.45) is 38.2. The lowest BCUT2D eigenvalue weighted by molar-refractivity contribution is -0.167. The van der Waals surface area contributed by atoms with Gasteiger partial charge in [-0.15, -0.1) is 0 Å². The zero-order chi connectivity index (χ0) is 40.6. The van der Waals surface area contributed by atoms with Crippen LogP contribution in [0.2, 0.25) is 0 Å². The Hall–Kier alpha value is -1.59. The second kappa shape index (κ2) is 40.6. The summed E-state index contributed by atoms with van der Waals surface area (Å²) in [6, 6.07) is 0. The SMILES string of the molecule is CC(C)CCCCCCCCCCCCCC(=O)OC[C@H](COC(=O)CCCCCCCCC(C)C)OC(=O)CCCCCCCCCCCCCC(C)C. The van der Waals surface area contributed by atoms with Crippen molar-refractivity contribution in [1.29, 1.82) is 0 Å². The second-order valence-corrected chi connectivity index (χ2v) is 18.2. The molecule has 0 fully saturated rings. The first-order valence-electron chi connectivity index (χ1n) is 24.1. The Balaban J connectivity index is 4.31. The lowest BCUT2D eigenvalue weighted by Gasteiger charge is -2.18. The lowest BCUT2D eigenvalue weighted by atomic mass is 10.0. The van der Waals surface area contributed by atoms with E-state index in [2.05, 4.69) is 41.5 Å². The van der Waals surface area contributed by atoms with Crippen LogP contribution in [0.3, 0.4) is 0 Å². The van der Waals surface area contributed by atoms with Gasteiger partial charge in [-0.1, -0.05) is 221 Å². The molecule has 0 N–H and O–H groups in total. The minimum absolute atomic E-state index is 0.0660. The number of esters is 3. The molecule has 0 saturated carbocycles. The smallest absolute Gasteiger partial charge is 0.306 e. The normalized spacial score (nSPS) is 12.2. The van der Waals surface area contributed by atoms with E-state index in [0.717, 1.165) is 75.5 Å². The molecule has 0 aromatic rings. The van der Waals surface area contributed by atoms with Crippen LogP contribution in [0.4, 0.5) is 0 Å². The maximum Gasteiger partial charge on any atom is 0.306 e. The summed E-state index contributed by atoms with van der Waals surface area (Å²) < 4.78 is 16.7. The van der Waals surface area contributed by atoms with E-state index in [1.54, 1.807) is 0 Å². The Kier molecular flexibility index (Phi) is 39.4. The number of ether oxygens (including phenoxy) is 3. The van der Waals surface area contributed by atoms with Gasteiger partial charge in [0.25, 0.3) is 0 Å². The minimum atomic E-state index is -0.762. The van der Waals surface area contributed by atoms with Crippen molar-refractivity contribution in [3.8, 4) is 0 Å². The summed E-state index contributed by atoms with van der Waals surface area (Å²) in [5, 5.41) is 0. The fourth-order valence-corrected chi connectivity index (χ4v) is 7.23. The summed E-state index contributed by atoms with van der Waals surface area (Å²) in [6.45, 7) is 13.6. The summed E-state index contributed by atoms with van der Waals surface area (Å²) >= 11 is 0. The fourth-order valence-electron chi connectivity index (χ4n) is 7.23. The van der Waals surface area contributed by atoms with Crippen LogP contribution in [0.15, 0.2) is 0 Å². The second-order valence-electron chi connectivity index (χ2n) is 18.2. The molecule has 0 saturated heterocycles. The van der Waals surface area contributed by atoms with E-state index < -0.39 is 6.10 Å². The predicted octanol–water partition coefficient (Wildman–Crippen LogP) is 15.2. The van der Waals surface area contributed by atoms with Crippen molar-refractivity contribution in [3.05, 3.63) is 0 Å². The third-order valence-corrected chi connectivity index (χ3v) is 10.9. The first-order chi connectivity index (χ1) is 26.6. The highest BCUT2D eigenvalue weighted by Crippen LogP contribution is 2.17. The van der Waals surface area contributed by atoms with Gasteiger partial charge in [-0.05, 0) is 37.0 Å². The van der Waals surface area contributed by atoms with E-state index in [0.29, 0.717) is 19.3 Å². The molecular formula is C49H94O6. The molecule has 6 nitrogen and oxygen atoms in total. The average Bonchev–Trinajstić information content (AvgIpc) is 3.13. The largest absolute Gasteiger partial charge is 0.462 e. The van der Waals surface area contributed by atoms with Gasteiger partial charge in [0.2, 0.25) is 0 Å². The van der Waals surface area contributed by atoms with E-state index in [-0.39, 0.29) is 31.1 Å².